The summed E-state index contributed by atoms with van der Waals surface area (Å²) in [7, 11) is 4.28. The Kier molecular flexibility index (Phi) is 4.92. The van der Waals surface area contributed by atoms with E-state index in [9.17, 15) is 0 Å². The third kappa shape index (κ3) is 3.46. The zero-order chi connectivity index (χ0) is 14.5. The molecule has 3 N–H and O–H groups in total. The van der Waals surface area contributed by atoms with E-state index in [-0.39, 0.29) is 5.84 Å². The van der Waals surface area contributed by atoms with E-state index in [1.54, 1.807) is 6.20 Å². The lowest BCUT2D eigenvalue weighted by molar-refractivity contribution is 0.129. The maximum absolute atomic E-state index is 8.83. The number of aromatic nitrogens is 1. The number of oxime groups is 1. The maximum atomic E-state index is 8.83. The first kappa shape index (κ1) is 14.7. The number of likely N-dealkylation sites (N-methyl/N-ethyl adjacent to an activating group) is 2. The van der Waals surface area contributed by atoms with Gasteiger partial charge in [0.2, 0.25) is 0 Å². The molecule has 110 valence electrons. The topological polar surface area (TPSA) is 78.0 Å². The largest absolute Gasteiger partial charge is 0.409 e. The number of amidine groups is 1. The van der Waals surface area contributed by atoms with Gasteiger partial charge in [-0.25, -0.2) is 0 Å². The fraction of sp³-hybridized carbons (Fsp3) is 0.571. The molecule has 0 amide bonds. The van der Waals surface area contributed by atoms with Gasteiger partial charge in [-0.1, -0.05) is 11.2 Å². The Hall–Kier alpha value is -1.66. The molecular weight excluding hydrogens is 254 g/mol. The third-order valence-corrected chi connectivity index (χ3v) is 3.88. The molecule has 0 aliphatic carbocycles. The van der Waals surface area contributed by atoms with Crippen LogP contribution in [0.1, 0.15) is 24.1 Å². The highest BCUT2D eigenvalue weighted by atomic mass is 16.4. The van der Waals surface area contributed by atoms with Crippen molar-refractivity contribution in [3.05, 3.63) is 29.6 Å². The zero-order valence-corrected chi connectivity index (χ0v) is 12.2. The van der Waals surface area contributed by atoms with Crippen LogP contribution in [0.25, 0.3) is 0 Å². The average Bonchev–Trinajstić information content (AvgIpc) is 2.47. The van der Waals surface area contributed by atoms with Gasteiger partial charge in [0, 0.05) is 25.3 Å². The monoisotopic (exact) mass is 277 g/mol. The Labute approximate surface area is 119 Å². The molecule has 1 unspecified atom stereocenters. The molecule has 0 spiro atoms. The predicted molar refractivity (Wildman–Crippen MR) is 78.7 cm³/mol. The minimum absolute atomic E-state index is 0.0646. The van der Waals surface area contributed by atoms with Gasteiger partial charge < -0.3 is 15.8 Å². The number of rotatable bonds is 4. The van der Waals surface area contributed by atoms with Crippen LogP contribution in [0.4, 0.5) is 0 Å². The van der Waals surface area contributed by atoms with Gasteiger partial charge in [-0.2, -0.15) is 0 Å². The van der Waals surface area contributed by atoms with E-state index < -0.39 is 0 Å². The summed E-state index contributed by atoms with van der Waals surface area (Å²) < 4.78 is 0. The van der Waals surface area contributed by atoms with Gasteiger partial charge in [0.05, 0.1) is 0 Å². The standard InChI is InChI=1S/C14H23N5O/c1-18-8-4-6-12(10-18)19(2)9-11-5-3-7-16-13(11)14(15)17-20/h3,5,7,12,20H,4,6,8-10H2,1-2H3,(H2,15,17). The summed E-state index contributed by atoms with van der Waals surface area (Å²) in [6, 6.07) is 4.39. The summed E-state index contributed by atoms with van der Waals surface area (Å²) in [4.78, 5) is 8.89. The summed E-state index contributed by atoms with van der Waals surface area (Å²) in [5, 5.41) is 11.9. The zero-order valence-electron chi connectivity index (χ0n) is 12.2. The molecule has 1 atom stereocenters. The molecule has 0 saturated carbocycles. The first-order valence-corrected chi connectivity index (χ1v) is 6.92. The van der Waals surface area contributed by atoms with Crippen LogP contribution in [0.2, 0.25) is 0 Å². The first-order chi connectivity index (χ1) is 9.61. The van der Waals surface area contributed by atoms with Crippen molar-refractivity contribution >= 4 is 5.84 Å². The van der Waals surface area contributed by atoms with Crippen LogP contribution >= 0.6 is 0 Å². The fourth-order valence-corrected chi connectivity index (χ4v) is 2.74. The van der Waals surface area contributed by atoms with E-state index in [1.165, 1.54) is 19.4 Å². The highest BCUT2D eigenvalue weighted by Gasteiger charge is 2.22. The van der Waals surface area contributed by atoms with Crippen molar-refractivity contribution in [1.29, 1.82) is 0 Å². The Morgan fingerprint density at radius 2 is 2.45 bits per heavy atom. The number of piperidine rings is 1. The minimum Gasteiger partial charge on any atom is -0.409 e. The van der Waals surface area contributed by atoms with Crippen LogP contribution in [0.3, 0.4) is 0 Å². The predicted octanol–water partition coefficient (Wildman–Crippen LogP) is 0.702. The lowest BCUT2D eigenvalue weighted by atomic mass is 10.0. The normalized spacial score (nSPS) is 21.4. The van der Waals surface area contributed by atoms with Crippen molar-refractivity contribution < 1.29 is 5.21 Å². The van der Waals surface area contributed by atoms with Crippen LogP contribution in [-0.2, 0) is 6.54 Å². The molecule has 6 nitrogen and oxygen atoms in total. The molecule has 1 aliphatic rings. The average molecular weight is 277 g/mol. The van der Waals surface area contributed by atoms with Crippen molar-refractivity contribution in [3.63, 3.8) is 0 Å². The molecule has 0 aromatic carbocycles. The Bertz CT molecular complexity index is 476. The number of pyridine rings is 1. The molecule has 0 radical (unpaired) electrons. The van der Waals surface area contributed by atoms with E-state index in [4.69, 9.17) is 10.9 Å². The molecule has 2 heterocycles. The van der Waals surface area contributed by atoms with Crippen molar-refractivity contribution in [2.24, 2.45) is 10.9 Å². The molecule has 1 aromatic rings. The highest BCUT2D eigenvalue weighted by Crippen LogP contribution is 2.17. The van der Waals surface area contributed by atoms with Crippen LogP contribution < -0.4 is 5.73 Å². The molecule has 1 fully saturated rings. The van der Waals surface area contributed by atoms with E-state index >= 15 is 0 Å². The van der Waals surface area contributed by atoms with E-state index in [0.717, 1.165) is 18.7 Å². The second-order valence-corrected chi connectivity index (χ2v) is 5.47. The Balaban J connectivity index is 2.09. The van der Waals surface area contributed by atoms with Gasteiger partial charge in [0.15, 0.2) is 5.84 Å². The molecular formula is C14H23N5O. The smallest absolute Gasteiger partial charge is 0.189 e. The highest BCUT2D eigenvalue weighted by molar-refractivity contribution is 5.96. The summed E-state index contributed by atoms with van der Waals surface area (Å²) in [5.74, 6) is 0.0646. The fourth-order valence-electron chi connectivity index (χ4n) is 2.74. The van der Waals surface area contributed by atoms with Gasteiger partial charge in [-0.3, -0.25) is 9.88 Å². The van der Waals surface area contributed by atoms with Crippen LogP contribution in [0, 0.1) is 0 Å². The molecule has 1 saturated heterocycles. The van der Waals surface area contributed by atoms with E-state index in [2.05, 4.69) is 34.0 Å². The minimum atomic E-state index is 0.0646. The van der Waals surface area contributed by atoms with Crippen LogP contribution in [0.15, 0.2) is 23.5 Å². The van der Waals surface area contributed by atoms with Crippen LogP contribution in [-0.4, -0.2) is 59.1 Å². The van der Waals surface area contributed by atoms with Crippen molar-refractivity contribution in [2.45, 2.75) is 25.4 Å². The summed E-state index contributed by atoms with van der Waals surface area (Å²) >= 11 is 0. The lowest BCUT2D eigenvalue weighted by Crippen LogP contribution is -2.44. The summed E-state index contributed by atoms with van der Waals surface area (Å²) in [6.45, 7) is 3.00. The van der Waals surface area contributed by atoms with Gasteiger partial charge in [-0.15, -0.1) is 0 Å². The Morgan fingerprint density at radius 3 is 3.15 bits per heavy atom. The van der Waals surface area contributed by atoms with Crippen molar-refractivity contribution in [3.8, 4) is 0 Å². The Morgan fingerprint density at radius 1 is 1.65 bits per heavy atom. The van der Waals surface area contributed by atoms with Crippen molar-refractivity contribution in [1.82, 2.24) is 14.8 Å². The molecule has 1 aromatic heterocycles. The van der Waals surface area contributed by atoms with Gasteiger partial charge in [0.1, 0.15) is 5.69 Å². The molecule has 20 heavy (non-hydrogen) atoms. The first-order valence-electron chi connectivity index (χ1n) is 6.92. The van der Waals surface area contributed by atoms with Gasteiger partial charge in [0.25, 0.3) is 0 Å². The van der Waals surface area contributed by atoms with E-state index in [0.29, 0.717) is 11.7 Å². The number of nitrogens with zero attached hydrogens (tertiary/aromatic N) is 4. The quantitative estimate of drug-likeness (QED) is 0.367. The maximum Gasteiger partial charge on any atom is 0.189 e. The summed E-state index contributed by atoms with van der Waals surface area (Å²) in [6.07, 6.45) is 4.09. The molecule has 0 bridgehead atoms. The molecule has 2 rings (SSSR count). The molecule has 1 aliphatic heterocycles. The number of hydrogen-bond donors (Lipinski definition) is 2. The van der Waals surface area contributed by atoms with Gasteiger partial charge in [-0.05, 0) is 45.1 Å². The SMILES string of the molecule is CN1CCCC(N(C)Cc2cccnc2C(N)=NO)C1. The van der Waals surface area contributed by atoms with E-state index in [1.807, 2.05) is 12.1 Å². The van der Waals surface area contributed by atoms with Crippen molar-refractivity contribution in [2.75, 3.05) is 27.2 Å². The van der Waals surface area contributed by atoms with Gasteiger partial charge >= 0.3 is 0 Å². The molecule has 6 heteroatoms. The second kappa shape index (κ2) is 6.67. The number of nitrogens with two attached hydrogens (primary N) is 1. The second-order valence-electron chi connectivity index (χ2n) is 5.47. The summed E-state index contributed by atoms with van der Waals surface area (Å²) in [5.41, 5.74) is 7.23. The number of likely N-dealkylation sites (tertiary alicyclic amines) is 1. The lowest BCUT2D eigenvalue weighted by Gasteiger charge is -2.36. The third-order valence-electron chi connectivity index (χ3n) is 3.88. The number of hydrogen-bond acceptors (Lipinski definition) is 5. The van der Waals surface area contributed by atoms with Crippen LogP contribution in [0.5, 0.6) is 0 Å².